The van der Waals surface area contributed by atoms with Gasteiger partial charge in [0, 0.05) is 23.6 Å². The van der Waals surface area contributed by atoms with E-state index in [0.717, 1.165) is 43.4 Å². The van der Waals surface area contributed by atoms with E-state index in [4.69, 9.17) is 5.73 Å². The van der Waals surface area contributed by atoms with Crippen molar-refractivity contribution in [2.24, 2.45) is 5.73 Å². The third-order valence-corrected chi connectivity index (χ3v) is 4.06. The average molecular weight is 313 g/mol. The fourth-order valence-electron chi connectivity index (χ4n) is 2.43. The standard InChI is InChI=1S/C14H21BrN2O/c15-12-5-3-11(4-6-12)14(16)7-9-17-8-1-2-13(18)10-17/h3-6,13-14,18H,1-2,7-10,16H2. The number of rotatable bonds is 4. The average Bonchev–Trinajstić information content (AvgIpc) is 2.37. The highest BCUT2D eigenvalue weighted by Gasteiger charge is 2.18. The van der Waals surface area contributed by atoms with Gasteiger partial charge in [-0.2, -0.15) is 0 Å². The molecule has 0 bridgehead atoms. The molecule has 1 aliphatic heterocycles. The van der Waals surface area contributed by atoms with Gasteiger partial charge in [-0.15, -0.1) is 0 Å². The van der Waals surface area contributed by atoms with E-state index in [0.29, 0.717) is 0 Å². The quantitative estimate of drug-likeness (QED) is 0.897. The van der Waals surface area contributed by atoms with E-state index in [1.54, 1.807) is 0 Å². The fourth-order valence-corrected chi connectivity index (χ4v) is 2.70. The lowest BCUT2D eigenvalue weighted by Crippen LogP contribution is -2.39. The molecule has 3 nitrogen and oxygen atoms in total. The second-order valence-electron chi connectivity index (χ2n) is 5.04. The molecule has 1 aromatic rings. The first-order chi connectivity index (χ1) is 8.65. The minimum Gasteiger partial charge on any atom is -0.392 e. The van der Waals surface area contributed by atoms with Crippen LogP contribution in [0.4, 0.5) is 0 Å². The zero-order valence-electron chi connectivity index (χ0n) is 10.6. The fraction of sp³-hybridized carbons (Fsp3) is 0.571. The molecule has 0 spiro atoms. The summed E-state index contributed by atoms with van der Waals surface area (Å²) in [5, 5.41) is 9.61. The summed E-state index contributed by atoms with van der Waals surface area (Å²) < 4.78 is 1.08. The molecule has 2 rings (SSSR count). The SMILES string of the molecule is NC(CCN1CCCC(O)C1)c1ccc(Br)cc1. The van der Waals surface area contributed by atoms with Crippen molar-refractivity contribution >= 4 is 15.9 Å². The number of nitrogens with two attached hydrogens (primary N) is 1. The Morgan fingerprint density at radius 3 is 2.78 bits per heavy atom. The molecule has 0 radical (unpaired) electrons. The predicted molar refractivity (Wildman–Crippen MR) is 77.4 cm³/mol. The van der Waals surface area contributed by atoms with Crippen molar-refractivity contribution in [1.29, 1.82) is 0 Å². The molecule has 3 N–H and O–H groups in total. The Labute approximate surface area is 117 Å². The van der Waals surface area contributed by atoms with Crippen molar-refractivity contribution in [3.63, 3.8) is 0 Å². The maximum Gasteiger partial charge on any atom is 0.0667 e. The van der Waals surface area contributed by atoms with Crippen LogP contribution in [0.2, 0.25) is 0 Å². The Kier molecular flexibility index (Phi) is 5.18. The van der Waals surface area contributed by atoms with E-state index in [2.05, 4.69) is 33.0 Å². The maximum atomic E-state index is 9.61. The van der Waals surface area contributed by atoms with Gasteiger partial charge in [0.05, 0.1) is 6.10 Å². The molecule has 1 saturated heterocycles. The molecular formula is C14H21BrN2O. The van der Waals surface area contributed by atoms with Crippen LogP contribution in [0, 0.1) is 0 Å². The topological polar surface area (TPSA) is 49.5 Å². The molecule has 1 aromatic carbocycles. The van der Waals surface area contributed by atoms with Gasteiger partial charge < -0.3 is 15.7 Å². The van der Waals surface area contributed by atoms with E-state index in [9.17, 15) is 5.11 Å². The lowest BCUT2D eigenvalue weighted by molar-refractivity contribution is 0.0692. The highest BCUT2D eigenvalue weighted by Crippen LogP contribution is 2.19. The summed E-state index contributed by atoms with van der Waals surface area (Å²) in [4.78, 5) is 2.31. The minimum atomic E-state index is -0.150. The van der Waals surface area contributed by atoms with E-state index in [1.165, 1.54) is 5.56 Å². The van der Waals surface area contributed by atoms with Crippen LogP contribution in [-0.2, 0) is 0 Å². The Balaban J connectivity index is 1.80. The highest BCUT2D eigenvalue weighted by molar-refractivity contribution is 9.10. The van der Waals surface area contributed by atoms with Gasteiger partial charge in [-0.25, -0.2) is 0 Å². The van der Waals surface area contributed by atoms with Crippen molar-refractivity contribution in [3.8, 4) is 0 Å². The van der Waals surface area contributed by atoms with Crippen LogP contribution in [0.1, 0.15) is 30.9 Å². The van der Waals surface area contributed by atoms with Gasteiger partial charge in [-0.1, -0.05) is 28.1 Å². The van der Waals surface area contributed by atoms with Crippen LogP contribution >= 0.6 is 15.9 Å². The maximum absolute atomic E-state index is 9.61. The highest BCUT2D eigenvalue weighted by atomic mass is 79.9. The van der Waals surface area contributed by atoms with Gasteiger partial charge in [-0.3, -0.25) is 0 Å². The molecular weight excluding hydrogens is 292 g/mol. The first-order valence-corrected chi connectivity index (χ1v) is 7.36. The molecule has 2 unspecified atom stereocenters. The summed E-state index contributed by atoms with van der Waals surface area (Å²) in [6.07, 6.45) is 2.82. The number of halogens is 1. The Bertz CT molecular complexity index is 369. The summed E-state index contributed by atoms with van der Waals surface area (Å²) in [5.74, 6) is 0. The minimum absolute atomic E-state index is 0.0807. The molecule has 18 heavy (non-hydrogen) atoms. The van der Waals surface area contributed by atoms with Gasteiger partial charge >= 0.3 is 0 Å². The van der Waals surface area contributed by atoms with Gasteiger partial charge in [0.2, 0.25) is 0 Å². The van der Waals surface area contributed by atoms with Crippen molar-refractivity contribution < 1.29 is 5.11 Å². The third-order valence-electron chi connectivity index (χ3n) is 3.54. The monoisotopic (exact) mass is 312 g/mol. The number of piperidine rings is 1. The summed E-state index contributed by atoms with van der Waals surface area (Å²) in [6.45, 7) is 2.85. The lowest BCUT2D eigenvalue weighted by atomic mass is 10.0. The number of aliphatic hydroxyl groups is 1. The molecule has 2 atom stereocenters. The predicted octanol–water partition coefficient (Wildman–Crippen LogP) is 2.30. The molecule has 100 valence electrons. The molecule has 0 saturated carbocycles. The van der Waals surface area contributed by atoms with Crippen molar-refractivity contribution in [1.82, 2.24) is 4.90 Å². The number of hydrogen-bond acceptors (Lipinski definition) is 3. The van der Waals surface area contributed by atoms with E-state index >= 15 is 0 Å². The van der Waals surface area contributed by atoms with Crippen LogP contribution < -0.4 is 5.73 Å². The molecule has 1 fully saturated rings. The summed E-state index contributed by atoms with van der Waals surface area (Å²) in [5.41, 5.74) is 7.37. The van der Waals surface area contributed by atoms with E-state index < -0.39 is 0 Å². The molecule has 1 aliphatic rings. The second-order valence-corrected chi connectivity index (χ2v) is 5.96. The Morgan fingerprint density at radius 1 is 1.39 bits per heavy atom. The van der Waals surface area contributed by atoms with Gasteiger partial charge in [0.25, 0.3) is 0 Å². The first kappa shape index (κ1) is 14.0. The first-order valence-electron chi connectivity index (χ1n) is 6.56. The summed E-state index contributed by atoms with van der Waals surface area (Å²) in [6, 6.07) is 8.27. The van der Waals surface area contributed by atoms with Crippen LogP contribution in [0.15, 0.2) is 28.7 Å². The molecule has 0 aliphatic carbocycles. The number of benzene rings is 1. The second kappa shape index (κ2) is 6.66. The Morgan fingerprint density at radius 2 is 2.11 bits per heavy atom. The Hall–Kier alpha value is -0.420. The number of nitrogens with zero attached hydrogens (tertiary/aromatic N) is 1. The largest absolute Gasteiger partial charge is 0.392 e. The van der Waals surface area contributed by atoms with Crippen molar-refractivity contribution in [2.45, 2.75) is 31.4 Å². The number of aliphatic hydroxyl groups excluding tert-OH is 1. The van der Waals surface area contributed by atoms with E-state index in [1.807, 2.05) is 12.1 Å². The molecule has 4 heteroatoms. The van der Waals surface area contributed by atoms with Crippen LogP contribution in [-0.4, -0.2) is 35.7 Å². The normalized spacial score (nSPS) is 22.9. The van der Waals surface area contributed by atoms with Crippen LogP contribution in [0.3, 0.4) is 0 Å². The zero-order chi connectivity index (χ0) is 13.0. The molecule has 0 amide bonds. The van der Waals surface area contributed by atoms with Gasteiger partial charge in [0.15, 0.2) is 0 Å². The van der Waals surface area contributed by atoms with Crippen molar-refractivity contribution in [2.75, 3.05) is 19.6 Å². The molecule has 1 heterocycles. The molecule has 0 aromatic heterocycles. The van der Waals surface area contributed by atoms with Crippen molar-refractivity contribution in [3.05, 3.63) is 34.3 Å². The van der Waals surface area contributed by atoms with Gasteiger partial charge in [-0.05, 0) is 43.5 Å². The van der Waals surface area contributed by atoms with Crippen LogP contribution in [0.5, 0.6) is 0 Å². The smallest absolute Gasteiger partial charge is 0.0667 e. The lowest BCUT2D eigenvalue weighted by Gasteiger charge is -2.30. The zero-order valence-corrected chi connectivity index (χ0v) is 12.1. The van der Waals surface area contributed by atoms with Crippen LogP contribution in [0.25, 0.3) is 0 Å². The third kappa shape index (κ3) is 4.05. The number of hydrogen-bond donors (Lipinski definition) is 2. The van der Waals surface area contributed by atoms with E-state index in [-0.39, 0.29) is 12.1 Å². The number of likely N-dealkylation sites (tertiary alicyclic amines) is 1. The number of β-amino-alcohol motifs (C(OH)–C–C–N with tert-alkyl or cyclic N) is 1. The van der Waals surface area contributed by atoms with Gasteiger partial charge in [0.1, 0.15) is 0 Å². The summed E-state index contributed by atoms with van der Waals surface area (Å²) in [7, 11) is 0. The summed E-state index contributed by atoms with van der Waals surface area (Å²) >= 11 is 3.43.